The molecule has 4 heteroatoms. The fourth-order valence-electron chi connectivity index (χ4n) is 1.43. The highest BCUT2D eigenvalue weighted by Crippen LogP contribution is 2.19. The molecule has 0 heterocycles. The van der Waals surface area contributed by atoms with Crippen molar-refractivity contribution in [1.82, 2.24) is 5.32 Å². The molecule has 0 aliphatic heterocycles. The van der Waals surface area contributed by atoms with Crippen molar-refractivity contribution in [2.24, 2.45) is 0 Å². The third kappa shape index (κ3) is 4.07. The first kappa shape index (κ1) is 13.5. The van der Waals surface area contributed by atoms with Crippen molar-refractivity contribution in [1.29, 1.82) is 0 Å². The highest BCUT2D eigenvalue weighted by molar-refractivity contribution is 5.94. The summed E-state index contributed by atoms with van der Waals surface area (Å²) in [6.45, 7) is 4.30. The summed E-state index contributed by atoms with van der Waals surface area (Å²) >= 11 is 0. The molecule has 94 valence electrons. The van der Waals surface area contributed by atoms with Gasteiger partial charge in [-0.05, 0) is 45.2 Å². The average molecular weight is 236 g/mol. The Kier molecular flexibility index (Phi) is 4.97. The van der Waals surface area contributed by atoms with Gasteiger partial charge in [0.2, 0.25) is 5.91 Å². The normalized spacial score (nSPS) is 10.4. The summed E-state index contributed by atoms with van der Waals surface area (Å²) in [5, 5.41) is 2.84. The summed E-state index contributed by atoms with van der Waals surface area (Å²) in [4.78, 5) is 13.3. The van der Waals surface area contributed by atoms with Gasteiger partial charge in [0, 0.05) is 12.7 Å². The van der Waals surface area contributed by atoms with E-state index in [1.54, 1.807) is 19.0 Å². The summed E-state index contributed by atoms with van der Waals surface area (Å²) in [5.74, 6) is 0.850. The predicted molar refractivity (Wildman–Crippen MR) is 69.5 cm³/mol. The molecule has 0 spiro atoms. The van der Waals surface area contributed by atoms with Crippen LogP contribution in [0.1, 0.15) is 13.8 Å². The lowest BCUT2D eigenvalue weighted by molar-refractivity contribution is -0.117. The number of likely N-dealkylation sites (N-methyl/N-ethyl adjacent to an activating group) is 2. The Balaban J connectivity index is 2.70. The van der Waals surface area contributed by atoms with Crippen molar-refractivity contribution in [3.63, 3.8) is 0 Å². The van der Waals surface area contributed by atoms with Gasteiger partial charge in [0.25, 0.3) is 0 Å². The van der Waals surface area contributed by atoms with Crippen LogP contribution in [-0.2, 0) is 4.79 Å². The number of carbonyl (C=O) groups is 1. The van der Waals surface area contributed by atoms with Crippen molar-refractivity contribution in [2.45, 2.75) is 20.0 Å². The van der Waals surface area contributed by atoms with Crippen molar-refractivity contribution < 1.29 is 9.53 Å². The van der Waals surface area contributed by atoms with Crippen LogP contribution in [0, 0.1) is 0 Å². The van der Waals surface area contributed by atoms with Gasteiger partial charge in [0.1, 0.15) is 5.75 Å². The van der Waals surface area contributed by atoms with Gasteiger partial charge in [0.15, 0.2) is 0 Å². The molecule has 1 amide bonds. The first-order valence-electron chi connectivity index (χ1n) is 5.72. The zero-order valence-corrected chi connectivity index (χ0v) is 10.9. The Bertz CT molecular complexity index is 360. The molecule has 17 heavy (non-hydrogen) atoms. The van der Waals surface area contributed by atoms with Crippen molar-refractivity contribution in [3.8, 4) is 5.75 Å². The monoisotopic (exact) mass is 236 g/mol. The zero-order chi connectivity index (χ0) is 12.8. The molecular weight excluding hydrogens is 216 g/mol. The summed E-state index contributed by atoms with van der Waals surface area (Å²) < 4.78 is 5.54. The number of rotatable bonds is 5. The fourth-order valence-corrected chi connectivity index (χ4v) is 1.43. The van der Waals surface area contributed by atoms with Gasteiger partial charge >= 0.3 is 0 Å². The molecule has 0 radical (unpaired) electrons. The second kappa shape index (κ2) is 6.25. The first-order chi connectivity index (χ1) is 8.04. The summed E-state index contributed by atoms with van der Waals surface area (Å²) in [7, 11) is 3.52. The molecule has 1 aromatic carbocycles. The molecule has 0 fully saturated rings. The van der Waals surface area contributed by atoms with Gasteiger partial charge in [-0.3, -0.25) is 4.79 Å². The van der Waals surface area contributed by atoms with Crippen molar-refractivity contribution in [2.75, 3.05) is 25.5 Å². The topological polar surface area (TPSA) is 41.6 Å². The van der Waals surface area contributed by atoms with E-state index >= 15 is 0 Å². The van der Waals surface area contributed by atoms with E-state index in [2.05, 4.69) is 5.32 Å². The third-order valence-electron chi connectivity index (χ3n) is 2.30. The zero-order valence-electron chi connectivity index (χ0n) is 10.9. The van der Waals surface area contributed by atoms with Crippen LogP contribution in [0.3, 0.4) is 0 Å². The Labute approximate surface area is 103 Å². The Morgan fingerprint density at radius 1 is 1.35 bits per heavy atom. The molecule has 0 aliphatic carbocycles. The van der Waals surface area contributed by atoms with E-state index in [4.69, 9.17) is 4.74 Å². The van der Waals surface area contributed by atoms with Crippen LogP contribution >= 0.6 is 0 Å². The molecule has 1 rings (SSSR count). The lowest BCUT2D eigenvalue weighted by atomic mass is 10.2. The van der Waals surface area contributed by atoms with Crippen LogP contribution in [0.25, 0.3) is 0 Å². The quantitative estimate of drug-likeness (QED) is 0.845. The van der Waals surface area contributed by atoms with Gasteiger partial charge in [-0.15, -0.1) is 0 Å². The van der Waals surface area contributed by atoms with Crippen LogP contribution in [-0.4, -0.2) is 32.7 Å². The number of ether oxygens (including phenoxy) is 1. The van der Waals surface area contributed by atoms with Gasteiger partial charge in [0.05, 0.1) is 12.6 Å². The van der Waals surface area contributed by atoms with E-state index in [0.29, 0.717) is 6.54 Å². The molecule has 0 atom stereocenters. The van der Waals surface area contributed by atoms with Crippen molar-refractivity contribution in [3.05, 3.63) is 24.3 Å². The van der Waals surface area contributed by atoms with Gasteiger partial charge < -0.3 is 15.0 Å². The highest BCUT2D eigenvalue weighted by atomic mass is 16.5. The molecule has 0 saturated carbocycles. The highest BCUT2D eigenvalue weighted by Gasteiger charge is 2.09. The predicted octanol–water partition coefficient (Wildman–Crippen LogP) is 1.66. The van der Waals surface area contributed by atoms with E-state index in [1.807, 2.05) is 38.1 Å². The number of hydrogen-bond donors (Lipinski definition) is 1. The second-order valence-corrected chi connectivity index (χ2v) is 4.14. The maximum absolute atomic E-state index is 11.6. The minimum Gasteiger partial charge on any atom is -0.491 e. The van der Waals surface area contributed by atoms with Gasteiger partial charge in [-0.1, -0.05) is 0 Å². The maximum atomic E-state index is 11.6. The van der Waals surface area contributed by atoms with Gasteiger partial charge in [-0.2, -0.15) is 0 Å². The van der Waals surface area contributed by atoms with Crippen LogP contribution in [0.5, 0.6) is 5.75 Å². The number of hydrogen-bond acceptors (Lipinski definition) is 3. The molecule has 0 saturated heterocycles. The van der Waals surface area contributed by atoms with Crippen molar-refractivity contribution >= 4 is 11.6 Å². The number of amides is 1. The van der Waals surface area contributed by atoms with Gasteiger partial charge in [-0.25, -0.2) is 0 Å². The van der Waals surface area contributed by atoms with E-state index in [-0.39, 0.29) is 12.0 Å². The van der Waals surface area contributed by atoms with Crippen LogP contribution in [0.2, 0.25) is 0 Å². The minimum absolute atomic E-state index is 0.0324. The molecular formula is C13H20N2O2. The number of nitrogens with one attached hydrogen (secondary N) is 1. The van der Waals surface area contributed by atoms with Crippen LogP contribution in [0.15, 0.2) is 24.3 Å². The smallest absolute Gasteiger partial charge is 0.240 e. The van der Waals surface area contributed by atoms with E-state index in [0.717, 1.165) is 11.4 Å². The molecule has 0 unspecified atom stereocenters. The Morgan fingerprint density at radius 3 is 2.41 bits per heavy atom. The lowest BCUT2D eigenvalue weighted by Gasteiger charge is -2.18. The first-order valence-corrected chi connectivity index (χ1v) is 5.72. The molecule has 0 aliphatic rings. The van der Waals surface area contributed by atoms with E-state index in [9.17, 15) is 4.79 Å². The average Bonchev–Trinajstić information content (AvgIpc) is 2.28. The lowest BCUT2D eigenvalue weighted by Crippen LogP contribution is -2.33. The summed E-state index contributed by atoms with van der Waals surface area (Å²) in [5.41, 5.74) is 0.862. The third-order valence-corrected chi connectivity index (χ3v) is 2.30. The summed E-state index contributed by atoms with van der Waals surface area (Å²) in [6.07, 6.45) is 0.157. The van der Waals surface area contributed by atoms with Crippen LogP contribution < -0.4 is 15.0 Å². The second-order valence-electron chi connectivity index (χ2n) is 4.14. The SMILES string of the molecule is CNCC(=O)N(C)c1ccc(OC(C)C)cc1. The Morgan fingerprint density at radius 2 is 1.94 bits per heavy atom. The van der Waals surface area contributed by atoms with E-state index in [1.165, 1.54) is 0 Å². The van der Waals surface area contributed by atoms with Crippen LogP contribution in [0.4, 0.5) is 5.69 Å². The minimum atomic E-state index is 0.0324. The number of nitrogens with zero attached hydrogens (tertiary/aromatic N) is 1. The standard InChI is InChI=1S/C13H20N2O2/c1-10(2)17-12-7-5-11(6-8-12)15(4)13(16)9-14-3/h5-8,10,14H,9H2,1-4H3. The Hall–Kier alpha value is -1.55. The molecule has 0 aromatic heterocycles. The maximum Gasteiger partial charge on any atom is 0.240 e. The molecule has 1 aromatic rings. The van der Waals surface area contributed by atoms with E-state index < -0.39 is 0 Å². The molecule has 1 N–H and O–H groups in total. The number of carbonyl (C=O) groups excluding carboxylic acids is 1. The number of benzene rings is 1. The summed E-state index contributed by atoms with van der Waals surface area (Å²) in [6, 6.07) is 7.51. The molecule has 0 bridgehead atoms. The number of anilines is 1. The fraction of sp³-hybridized carbons (Fsp3) is 0.462. The molecule has 4 nitrogen and oxygen atoms in total. The largest absolute Gasteiger partial charge is 0.491 e.